The summed E-state index contributed by atoms with van der Waals surface area (Å²) in [6, 6.07) is 24.3. The van der Waals surface area contributed by atoms with Crippen molar-refractivity contribution in [1.29, 1.82) is 0 Å². The Morgan fingerprint density at radius 1 is 1.00 bits per heavy atom. The predicted molar refractivity (Wildman–Crippen MR) is 172 cm³/mol. The van der Waals surface area contributed by atoms with Crippen molar-refractivity contribution in [2.24, 2.45) is 5.92 Å². The molecule has 1 spiro atoms. The minimum atomic E-state index is -2.21. The number of para-hydroxylation sites is 1. The SMILES string of the molecule is COc1ccc([Si](C)(C)[C@H]2[C@H](CCO)O[C@@]3(C(=O)N(Cc4ccc(N5CCCCC5=O)cc4)c4ccccc43)[C@@H]2C)cc1. The van der Waals surface area contributed by atoms with Crippen LogP contribution in [0.1, 0.15) is 43.7 Å². The lowest BCUT2D eigenvalue weighted by Gasteiger charge is -2.37. The van der Waals surface area contributed by atoms with Crippen LogP contribution in [0.25, 0.3) is 0 Å². The van der Waals surface area contributed by atoms with Crippen molar-refractivity contribution in [2.45, 2.75) is 69.5 Å². The normalized spacial score (nSPS) is 25.5. The van der Waals surface area contributed by atoms with Crippen molar-refractivity contribution in [1.82, 2.24) is 0 Å². The molecule has 1 N–H and O–H groups in total. The number of methoxy groups -OCH3 is 1. The number of amides is 2. The molecule has 6 rings (SSSR count). The van der Waals surface area contributed by atoms with Gasteiger partial charge in [0.15, 0.2) is 5.60 Å². The van der Waals surface area contributed by atoms with E-state index in [1.165, 1.54) is 5.19 Å². The van der Waals surface area contributed by atoms with Crippen LogP contribution >= 0.6 is 0 Å². The quantitative estimate of drug-likeness (QED) is 0.354. The lowest BCUT2D eigenvalue weighted by atomic mass is 9.82. The average Bonchev–Trinajstić information content (AvgIpc) is 3.45. The van der Waals surface area contributed by atoms with E-state index in [9.17, 15) is 14.7 Å². The Morgan fingerprint density at radius 3 is 2.40 bits per heavy atom. The lowest BCUT2D eigenvalue weighted by Crippen LogP contribution is -2.51. The molecule has 3 aromatic rings. The fraction of sp³-hybridized carbons (Fsp3) is 0.429. The molecule has 2 saturated heterocycles. The van der Waals surface area contributed by atoms with Gasteiger partial charge in [0.25, 0.3) is 5.91 Å². The van der Waals surface area contributed by atoms with E-state index in [0.717, 1.165) is 47.6 Å². The number of carbonyl (C=O) groups is 2. The molecule has 3 heterocycles. The number of hydrogen-bond donors (Lipinski definition) is 1. The van der Waals surface area contributed by atoms with Crippen LogP contribution in [0, 0.1) is 5.92 Å². The number of hydrogen-bond acceptors (Lipinski definition) is 5. The van der Waals surface area contributed by atoms with Gasteiger partial charge in [0, 0.05) is 36.7 Å². The largest absolute Gasteiger partial charge is 0.497 e. The molecule has 0 radical (unpaired) electrons. The summed E-state index contributed by atoms with van der Waals surface area (Å²) in [6.07, 6.45) is 2.80. The Kier molecular flexibility index (Phi) is 7.96. The van der Waals surface area contributed by atoms with Gasteiger partial charge in [0.1, 0.15) is 5.75 Å². The minimum Gasteiger partial charge on any atom is -0.497 e. The summed E-state index contributed by atoms with van der Waals surface area (Å²) in [6.45, 7) is 8.03. The molecule has 3 aromatic carbocycles. The van der Waals surface area contributed by atoms with Crippen LogP contribution in [0.15, 0.2) is 72.8 Å². The molecule has 43 heavy (non-hydrogen) atoms. The van der Waals surface area contributed by atoms with E-state index in [0.29, 0.717) is 19.4 Å². The van der Waals surface area contributed by atoms with Gasteiger partial charge in [-0.05, 0) is 60.7 Å². The first-order chi connectivity index (χ1) is 20.7. The monoisotopic (exact) mass is 598 g/mol. The summed E-state index contributed by atoms with van der Waals surface area (Å²) in [5.74, 6) is 0.851. The van der Waals surface area contributed by atoms with Crippen molar-refractivity contribution < 1.29 is 24.2 Å². The third-order valence-corrected chi connectivity index (χ3v) is 14.4. The third kappa shape index (κ3) is 4.89. The van der Waals surface area contributed by atoms with E-state index >= 15 is 0 Å². The number of anilines is 2. The van der Waals surface area contributed by atoms with Gasteiger partial charge >= 0.3 is 0 Å². The Balaban J connectivity index is 1.33. The molecule has 2 amide bonds. The number of nitrogens with zero attached hydrogens (tertiary/aromatic N) is 2. The number of benzene rings is 3. The van der Waals surface area contributed by atoms with Crippen molar-refractivity contribution in [3.63, 3.8) is 0 Å². The maximum absolute atomic E-state index is 14.7. The van der Waals surface area contributed by atoms with E-state index in [1.807, 2.05) is 70.5 Å². The zero-order chi connectivity index (χ0) is 30.4. The maximum Gasteiger partial charge on any atom is 0.264 e. The second-order valence-electron chi connectivity index (χ2n) is 12.7. The van der Waals surface area contributed by atoms with Gasteiger partial charge in [-0.3, -0.25) is 9.59 Å². The molecular weight excluding hydrogens is 556 g/mol. The first-order valence-corrected chi connectivity index (χ1v) is 18.5. The molecule has 0 saturated carbocycles. The molecule has 3 aliphatic rings. The zero-order valence-electron chi connectivity index (χ0n) is 25.6. The number of fused-ring (bicyclic) bond motifs is 2. The Labute approximate surface area is 255 Å². The molecule has 2 fully saturated rings. The zero-order valence-corrected chi connectivity index (χ0v) is 26.6. The van der Waals surface area contributed by atoms with Crippen LogP contribution < -0.4 is 19.7 Å². The average molecular weight is 599 g/mol. The number of aliphatic hydroxyl groups excluding tert-OH is 1. The molecule has 0 aliphatic carbocycles. The molecular formula is C35H42N2O5Si. The Hall–Kier alpha value is -3.46. The number of rotatable bonds is 8. The minimum absolute atomic E-state index is 0.00246. The highest BCUT2D eigenvalue weighted by molar-refractivity contribution is 6.91. The second kappa shape index (κ2) is 11.6. The first kappa shape index (κ1) is 29.6. The van der Waals surface area contributed by atoms with Gasteiger partial charge in [-0.25, -0.2) is 0 Å². The molecule has 0 unspecified atom stereocenters. The topological polar surface area (TPSA) is 79.3 Å². The molecule has 7 nitrogen and oxygen atoms in total. The van der Waals surface area contributed by atoms with Gasteiger partial charge in [-0.1, -0.05) is 67.7 Å². The van der Waals surface area contributed by atoms with Gasteiger partial charge in [-0.15, -0.1) is 0 Å². The predicted octanol–water partition coefficient (Wildman–Crippen LogP) is 5.36. The van der Waals surface area contributed by atoms with E-state index in [-0.39, 0.29) is 36.0 Å². The van der Waals surface area contributed by atoms with Gasteiger partial charge in [0.2, 0.25) is 5.91 Å². The van der Waals surface area contributed by atoms with Gasteiger partial charge < -0.3 is 24.4 Å². The maximum atomic E-state index is 14.7. The lowest BCUT2D eigenvalue weighted by molar-refractivity contribution is -0.146. The van der Waals surface area contributed by atoms with Crippen LogP contribution in [0.4, 0.5) is 11.4 Å². The molecule has 4 atom stereocenters. The smallest absolute Gasteiger partial charge is 0.264 e. The molecule has 3 aliphatic heterocycles. The fourth-order valence-electron chi connectivity index (χ4n) is 7.86. The summed E-state index contributed by atoms with van der Waals surface area (Å²) < 4.78 is 12.4. The highest BCUT2D eigenvalue weighted by Gasteiger charge is 2.66. The second-order valence-corrected chi connectivity index (χ2v) is 17.4. The summed E-state index contributed by atoms with van der Waals surface area (Å²) in [4.78, 5) is 30.9. The van der Waals surface area contributed by atoms with Crippen molar-refractivity contribution in [3.05, 3.63) is 83.9 Å². The highest BCUT2D eigenvalue weighted by Crippen LogP contribution is 2.60. The summed E-state index contributed by atoms with van der Waals surface area (Å²) in [5, 5.41) is 11.4. The van der Waals surface area contributed by atoms with Crippen LogP contribution in [-0.2, 0) is 26.5 Å². The fourth-order valence-corrected chi connectivity index (χ4v) is 11.9. The number of piperidine rings is 1. The van der Waals surface area contributed by atoms with Crippen molar-refractivity contribution in [3.8, 4) is 5.75 Å². The molecule has 0 bridgehead atoms. The van der Waals surface area contributed by atoms with E-state index in [1.54, 1.807) is 7.11 Å². The summed E-state index contributed by atoms with van der Waals surface area (Å²) >= 11 is 0. The summed E-state index contributed by atoms with van der Waals surface area (Å²) in [5.41, 5.74) is 2.68. The van der Waals surface area contributed by atoms with Gasteiger partial charge in [-0.2, -0.15) is 0 Å². The number of ether oxygens (including phenoxy) is 2. The Morgan fingerprint density at radius 2 is 1.72 bits per heavy atom. The molecule has 0 aromatic heterocycles. The van der Waals surface area contributed by atoms with Crippen LogP contribution in [-0.4, -0.2) is 51.4 Å². The van der Waals surface area contributed by atoms with Crippen molar-refractivity contribution >= 4 is 36.4 Å². The van der Waals surface area contributed by atoms with Crippen LogP contribution in [0.2, 0.25) is 18.6 Å². The van der Waals surface area contributed by atoms with Crippen molar-refractivity contribution in [2.75, 3.05) is 30.1 Å². The van der Waals surface area contributed by atoms with Crippen LogP contribution in [0.3, 0.4) is 0 Å². The molecule has 226 valence electrons. The van der Waals surface area contributed by atoms with E-state index in [4.69, 9.17) is 9.47 Å². The standard InChI is InChI=1S/C35H42N2O5Si/c1-24-33(43(3,4)28-18-16-27(41-2)17-19-28)31(20-22-38)42-35(24)29-9-5-6-10-30(29)37(34(35)40)23-25-12-14-26(15-13-25)36-21-8-7-11-32(36)39/h5-6,9-10,12-19,24,31,33,38H,7-8,11,20-23H2,1-4H3/t24-,31+,33-,35+/m1/s1. The third-order valence-electron chi connectivity index (χ3n) is 10.1. The van der Waals surface area contributed by atoms with Crippen LogP contribution in [0.5, 0.6) is 5.75 Å². The summed E-state index contributed by atoms with van der Waals surface area (Å²) in [7, 11) is -0.538. The molecule has 8 heteroatoms. The highest BCUT2D eigenvalue weighted by atomic mass is 28.3. The number of carbonyl (C=O) groups excluding carboxylic acids is 2. The first-order valence-electron chi connectivity index (χ1n) is 15.5. The van der Waals surface area contributed by atoms with Gasteiger partial charge in [0.05, 0.1) is 33.5 Å². The number of aliphatic hydroxyl groups is 1. The van der Waals surface area contributed by atoms with E-state index < -0.39 is 13.7 Å². The Bertz CT molecular complexity index is 1490. The van der Waals surface area contributed by atoms with E-state index in [2.05, 4.69) is 32.2 Å².